The minimum atomic E-state index is -0.889. The van der Waals surface area contributed by atoms with Crippen molar-refractivity contribution in [1.82, 2.24) is 4.98 Å². The van der Waals surface area contributed by atoms with Crippen LogP contribution in [0.2, 0.25) is 0 Å². The van der Waals surface area contributed by atoms with Crippen molar-refractivity contribution in [2.75, 3.05) is 18.0 Å². The van der Waals surface area contributed by atoms with E-state index in [0.717, 1.165) is 43.9 Å². The van der Waals surface area contributed by atoms with Crippen LogP contribution in [0.4, 0.5) is 5.13 Å². The molecular weight excluding hydrogens is 236 g/mol. The largest absolute Gasteiger partial charge is 0.477 e. The van der Waals surface area contributed by atoms with E-state index in [9.17, 15) is 4.79 Å². The Morgan fingerprint density at radius 1 is 1.35 bits per heavy atom. The molecule has 4 nitrogen and oxygen atoms in total. The molecule has 17 heavy (non-hydrogen) atoms. The zero-order valence-electron chi connectivity index (χ0n) is 10.5. The minimum absolute atomic E-state index is 0.318. The maximum absolute atomic E-state index is 10.8. The molecule has 0 saturated heterocycles. The van der Waals surface area contributed by atoms with Crippen molar-refractivity contribution in [1.29, 1.82) is 0 Å². The molecule has 5 heteroatoms. The van der Waals surface area contributed by atoms with Crippen molar-refractivity contribution < 1.29 is 9.90 Å². The van der Waals surface area contributed by atoms with E-state index >= 15 is 0 Å². The predicted molar refractivity (Wildman–Crippen MR) is 71.1 cm³/mol. The molecule has 0 saturated carbocycles. The second kappa shape index (κ2) is 7.27. The smallest absolute Gasteiger partial charge is 0.347 e. The fourth-order valence-corrected chi connectivity index (χ4v) is 2.32. The SMILES string of the molecule is CCCCN(CCCC)c1ncc(C(=O)O)s1. The molecule has 1 aromatic rings. The molecule has 96 valence electrons. The Morgan fingerprint density at radius 3 is 2.35 bits per heavy atom. The highest BCUT2D eigenvalue weighted by Crippen LogP contribution is 2.23. The Hall–Kier alpha value is -1.10. The van der Waals surface area contributed by atoms with Gasteiger partial charge in [0, 0.05) is 13.1 Å². The van der Waals surface area contributed by atoms with E-state index in [1.807, 2.05) is 0 Å². The molecule has 0 bridgehead atoms. The maximum atomic E-state index is 10.8. The molecule has 0 atom stereocenters. The van der Waals surface area contributed by atoms with Gasteiger partial charge in [0.05, 0.1) is 6.20 Å². The van der Waals surface area contributed by atoms with Gasteiger partial charge in [0.25, 0.3) is 0 Å². The van der Waals surface area contributed by atoms with Gasteiger partial charge in [0.1, 0.15) is 4.88 Å². The second-order valence-electron chi connectivity index (χ2n) is 4.01. The maximum Gasteiger partial charge on any atom is 0.347 e. The van der Waals surface area contributed by atoms with E-state index in [1.54, 1.807) is 0 Å². The first kappa shape index (κ1) is 14.0. The van der Waals surface area contributed by atoms with Gasteiger partial charge in [-0.15, -0.1) is 0 Å². The molecule has 0 aliphatic carbocycles. The van der Waals surface area contributed by atoms with E-state index in [-0.39, 0.29) is 0 Å². The third-order valence-corrected chi connectivity index (χ3v) is 3.58. The minimum Gasteiger partial charge on any atom is -0.477 e. The summed E-state index contributed by atoms with van der Waals surface area (Å²) in [6, 6.07) is 0. The number of carbonyl (C=O) groups is 1. The van der Waals surface area contributed by atoms with Gasteiger partial charge >= 0.3 is 5.97 Å². The molecule has 0 aliphatic rings. The Bertz CT molecular complexity index is 344. The van der Waals surface area contributed by atoms with Gasteiger partial charge in [-0.25, -0.2) is 9.78 Å². The van der Waals surface area contributed by atoms with Crippen LogP contribution < -0.4 is 4.90 Å². The Balaban J connectivity index is 2.68. The lowest BCUT2D eigenvalue weighted by Crippen LogP contribution is -2.25. The molecular formula is C12H20N2O2S. The van der Waals surface area contributed by atoms with Crippen LogP contribution in [0.25, 0.3) is 0 Å². The van der Waals surface area contributed by atoms with Crippen LogP contribution in [-0.4, -0.2) is 29.1 Å². The van der Waals surface area contributed by atoms with E-state index in [1.165, 1.54) is 17.5 Å². The monoisotopic (exact) mass is 256 g/mol. The third-order valence-electron chi connectivity index (χ3n) is 2.54. The molecule has 0 aliphatic heterocycles. The average molecular weight is 256 g/mol. The Labute approximate surface area is 106 Å². The lowest BCUT2D eigenvalue weighted by Gasteiger charge is -2.21. The molecule has 0 radical (unpaired) electrons. The highest BCUT2D eigenvalue weighted by molar-refractivity contribution is 7.17. The van der Waals surface area contributed by atoms with Crippen molar-refractivity contribution >= 4 is 22.4 Å². The van der Waals surface area contributed by atoms with Gasteiger partial charge in [-0.1, -0.05) is 38.0 Å². The van der Waals surface area contributed by atoms with Crippen molar-refractivity contribution in [2.24, 2.45) is 0 Å². The predicted octanol–water partition coefficient (Wildman–Crippen LogP) is 3.25. The summed E-state index contributed by atoms with van der Waals surface area (Å²) in [4.78, 5) is 17.5. The van der Waals surface area contributed by atoms with Crippen molar-refractivity contribution in [2.45, 2.75) is 39.5 Å². The number of hydrogen-bond donors (Lipinski definition) is 1. The first-order valence-electron chi connectivity index (χ1n) is 6.13. The van der Waals surface area contributed by atoms with Gasteiger partial charge in [-0.3, -0.25) is 0 Å². The van der Waals surface area contributed by atoms with Gasteiger partial charge in [0.15, 0.2) is 5.13 Å². The summed E-state index contributed by atoms with van der Waals surface area (Å²) in [7, 11) is 0. The molecule has 0 spiro atoms. The van der Waals surface area contributed by atoms with E-state index < -0.39 is 5.97 Å². The van der Waals surface area contributed by atoms with Gasteiger partial charge in [-0.05, 0) is 12.8 Å². The normalized spacial score (nSPS) is 10.5. The van der Waals surface area contributed by atoms with Crippen molar-refractivity contribution in [3.05, 3.63) is 11.1 Å². The number of anilines is 1. The number of aromatic nitrogens is 1. The Morgan fingerprint density at radius 2 is 1.94 bits per heavy atom. The van der Waals surface area contributed by atoms with Gasteiger partial charge in [0.2, 0.25) is 0 Å². The summed E-state index contributed by atoms with van der Waals surface area (Å²) in [5.74, 6) is -0.889. The van der Waals surface area contributed by atoms with E-state index in [0.29, 0.717) is 4.88 Å². The van der Waals surface area contributed by atoms with Gasteiger partial charge in [-0.2, -0.15) is 0 Å². The van der Waals surface area contributed by atoms with Crippen LogP contribution >= 0.6 is 11.3 Å². The van der Waals surface area contributed by atoms with Crippen LogP contribution in [0, 0.1) is 0 Å². The number of carboxylic acid groups (broad SMARTS) is 1. The first-order chi connectivity index (χ1) is 8.19. The number of rotatable bonds is 8. The summed E-state index contributed by atoms with van der Waals surface area (Å²) < 4.78 is 0. The summed E-state index contributed by atoms with van der Waals surface area (Å²) in [6.45, 7) is 6.23. The lowest BCUT2D eigenvalue weighted by atomic mass is 10.3. The Kier molecular flexibility index (Phi) is 5.97. The molecule has 1 heterocycles. The number of thiazole rings is 1. The number of hydrogen-bond acceptors (Lipinski definition) is 4. The van der Waals surface area contributed by atoms with Crippen LogP contribution in [0.15, 0.2) is 6.20 Å². The standard InChI is InChI=1S/C12H20N2O2S/c1-3-5-7-14(8-6-4-2)12-13-9-10(17-12)11(15)16/h9H,3-8H2,1-2H3,(H,15,16). The average Bonchev–Trinajstić information content (AvgIpc) is 2.79. The van der Waals surface area contributed by atoms with E-state index in [2.05, 4.69) is 23.7 Å². The zero-order chi connectivity index (χ0) is 12.7. The van der Waals surface area contributed by atoms with Crippen LogP contribution in [0.1, 0.15) is 49.2 Å². The third kappa shape index (κ3) is 4.34. The molecule has 0 aromatic carbocycles. The van der Waals surface area contributed by atoms with Gasteiger partial charge < -0.3 is 10.0 Å². The summed E-state index contributed by atoms with van der Waals surface area (Å²) in [6.07, 6.45) is 5.96. The molecule has 1 N–H and O–H groups in total. The molecule has 0 fully saturated rings. The summed E-state index contributed by atoms with van der Waals surface area (Å²) in [5, 5.41) is 9.72. The molecule has 0 unspecified atom stereocenters. The van der Waals surface area contributed by atoms with Crippen LogP contribution in [0.5, 0.6) is 0 Å². The highest BCUT2D eigenvalue weighted by Gasteiger charge is 2.13. The molecule has 1 rings (SSSR count). The molecule has 1 aromatic heterocycles. The highest BCUT2D eigenvalue weighted by atomic mass is 32.1. The summed E-state index contributed by atoms with van der Waals surface area (Å²) in [5.41, 5.74) is 0. The first-order valence-corrected chi connectivity index (χ1v) is 6.94. The van der Waals surface area contributed by atoms with Crippen molar-refractivity contribution in [3.8, 4) is 0 Å². The van der Waals surface area contributed by atoms with Crippen molar-refractivity contribution in [3.63, 3.8) is 0 Å². The zero-order valence-corrected chi connectivity index (χ0v) is 11.3. The number of unbranched alkanes of at least 4 members (excludes halogenated alkanes) is 2. The molecule has 0 amide bonds. The number of aromatic carboxylic acids is 1. The fraction of sp³-hybridized carbons (Fsp3) is 0.667. The lowest BCUT2D eigenvalue weighted by molar-refractivity contribution is 0.0702. The van der Waals surface area contributed by atoms with E-state index in [4.69, 9.17) is 5.11 Å². The topological polar surface area (TPSA) is 53.4 Å². The second-order valence-corrected chi connectivity index (χ2v) is 5.02. The number of carboxylic acids is 1. The quantitative estimate of drug-likeness (QED) is 0.775. The summed E-state index contributed by atoms with van der Waals surface area (Å²) >= 11 is 1.27. The van der Waals surface area contributed by atoms with Crippen LogP contribution in [0.3, 0.4) is 0 Å². The fourth-order valence-electron chi connectivity index (χ4n) is 1.51. The van der Waals surface area contributed by atoms with Crippen LogP contribution in [-0.2, 0) is 0 Å². The number of nitrogens with zero attached hydrogens (tertiary/aromatic N) is 2.